The SMILES string of the molecule is Cc1cc2[nH]ncc2c(-c2c(Cl)cc3c(N4CC5CCC(C(F)F)(C4)N5)nc(OCC45CCCN4CCC5)nc3c2F)c1C. The third kappa shape index (κ3) is 4.22. The summed E-state index contributed by atoms with van der Waals surface area (Å²) in [6.07, 6.45) is 4.41. The van der Waals surface area contributed by atoms with Crippen LogP contribution in [0.5, 0.6) is 6.01 Å². The molecular formula is C32H35ClF3N7O. The number of rotatable bonds is 6. The van der Waals surface area contributed by atoms with Gasteiger partial charge in [-0.1, -0.05) is 11.6 Å². The molecule has 0 spiro atoms. The van der Waals surface area contributed by atoms with Gasteiger partial charge in [0.25, 0.3) is 6.43 Å². The standard InChI is InChI=1S/C32H35ClF3N7O/c1-17-11-23-21(13-37-41-23)24(18(17)2)25-22(33)12-20-27(26(25)34)38-30(44-16-31-6-3-9-43(31)10-4-7-31)39-28(20)42-14-19-5-8-32(15-42,40-19)29(35)36/h11-13,19,29,40H,3-10,14-16H2,1-2H3,(H,37,41). The Labute approximate surface area is 258 Å². The van der Waals surface area contributed by atoms with Gasteiger partial charge in [0.15, 0.2) is 5.82 Å². The van der Waals surface area contributed by atoms with Crippen molar-refractivity contribution in [3.8, 4) is 17.1 Å². The van der Waals surface area contributed by atoms with Gasteiger partial charge in [0.05, 0.1) is 27.8 Å². The predicted molar refractivity (Wildman–Crippen MR) is 164 cm³/mol. The van der Waals surface area contributed by atoms with Crippen LogP contribution in [0, 0.1) is 19.7 Å². The number of hydrogen-bond donors (Lipinski definition) is 2. The van der Waals surface area contributed by atoms with Gasteiger partial charge < -0.3 is 15.0 Å². The summed E-state index contributed by atoms with van der Waals surface area (Å²) in [6, 6.07) is 3.58. The first kappa shape index (κ1) is 28.3. The first-order valence-electron chi connectivity index (χ1n) is 15.5. The van der Waals surface area contributed by atoms with Gasteiger partial charge >= 0.3 is 6.01 Å². The van der Waals surface area contributed by atoms with Gasteiger partial charge in [-0.2, -0.15) is 15.1 Å². The molecule has 4 aliphatic rings. The molecule has 232 valence electrons. The van der Waals surface area contributed by atoms with Crippen molar-refractivity contribution in [2.24, 2.45) is 0 Å². The van der Waals surface area contributed by atoms with Crippen LogP contribution < -0.4 is 15.0 Å². The number of H-pyrrole nitrogens is 1. The summed E-state index contributed by atoms with van der Waals surface area (Å²) in [7, 11) is 0. The van der Waals surface area contributed by atoms with Crippen LogP contribution in [0.2, 0.25) is 5.02 Å². The monoisotopic (exact) mass is 625 g/mol. The van der Waals surface area contributed by atoms with Crippen molar-refractivity contribution < 1.29 is 17.9 Å². The average Bonchev–Trinajstić information content (AvgIpc) is 3.77. The summed E-state index contributed by atoms with van der Waals surface area (Å²) in [5, 5.41) is 11.7. The van der Waals surface area contributed by atoms with E-state index in [0.717, 1.165) is 60.8 Å². The van der Waals surface area contributed by atoms with Crippen LogP contribution >= 0.6 is 11.6 Å². The number of fused-ring (bicyclic) bond motifs is 5. The maximum absolute atomic E-state index is 17.0. The predicted octanol–water partition coefficient (Wildman–Crippen LogP) is 6.17. The van der Waals surface area contributed by atoms with Crippen molar-refractivity contribution >= 4 is 39.2 Å². The smallest absolute Gasteiger partial charge is 0.319 e. The number of halogens is 4. The Kier molecular flexibility index (Phi) is 6.56. The van der Waals surface area contributed by atoms with Gasteiger partial charge in [-0.25, -0.2) is 13.2 Å². The van der Waals surface area contributed by atoms with E-state index < -0.39 is 17.8 Å². The lowest BCUT2D eigenvalue weighted by Crippen LogP contribution is -2.63. The number of nitrogens with one attached hydrogen (secondary N) is 2. The molecule has 12 heteroatoms. The minimum atomic E-state index is -2.55. The van der Waals surface area contributed by atoms with Crippen LogP contribution in [0.3, 0.4) is 0 Å². The summed E-state index contributed by atoms with van der Waals surface area (Å²) >= 11 is 6.93. The van der Waals surface area contributed by atoms with Gasteiger partial charge in [-0.3, -0.25) is 10.00 Å². The Bertz CT molecular complexity index is 1790. The number of nitrogens with zero attached hydrogens (tertiary/aromatic N) is 5. The Balaban J connectivity index is 1.30. The highest BCUT2D eigenvalue weighted by molar-refractivity contribution is 6.35. The zero-order chi connectivity index (χ0) is 30.4. The molecule has 0 saturated carbocycles. The number of benzene rings is 2. The lowest BCUT2D eigenvalue weighted by Gasteiger charge is -2.41. The lowest BCUT2D eigenvalue weighted by atomic mass is 9.92. The summed E-state index contributed by atoms with van der Waals surface area (Å²) in [5.41, 5.74) is 2.13. The van der Waals surface area contributed by atoms with E-state index >= 15 is 4.39 Å². The summed E-state index contributed by atoms with van der Waals surface area (Å²) in [4.78, 5) is 13.8. The molecule has 44 heavy (non-hydrogen) atoms. The summed E-state index contributed by atoms with van der Waals surface area (Å²) in [5.74, 6) is -0.224. The normalized spacial score (nSPS) is 24.7. The molecule has 2 unspecified atom stereocenters. The highest BCUT2D eigenvalue weighted by Crippen LogP contribution is 2.45. The largest absolute Gasteiger partial charge is 0.461 e. The van der Waals surface area contributed by atoms with Crippen LogP contribution in [0.15, 0.2) is 18.3 Å². The number of ether oxygens (including phenoxy) is 1. The van der Waals surface area contributed by atoms with E-state index in [4.69, 9.17) is 21.3 Å². The molecule has 0 amide bonds. The molecule has 2 aromatic carbocycles. The molecule has 4 aromatic rings. The maximum atomic E-state index is 17.0. The van der Waals surface area contributed by atoms with Crippen molar-refractivity contribution in [1.29, 1.82) is 0 Å². The summed E-state index contributed by atoms with van der Waals surface area (Å²) in [6.45, 7) is 6.89. The fraction of sp³-hybridized carbons (Fsp3) is 0.531. The number of aryl methyl sites for hydroxylation is 1. The quantitative estimate of drug-likeness (QED) is 0.265. The van der Waals surface area contributed by atoms with Crippen molar-refractivity contribution in [3.63, 3.8) is 0 Å². The second kappa shape index (κ2) is 10.2. The van der Waals surface area contributed by atoms with E-state index in [-0.39, 0.29) is 40.2 Å². The Morgan fingerprint density at radius 1 is 1.09 bits per heavy atom. The fourth-order valence-electron chi connectivity index (χ4n) is 8.32. The zero-order valence-electron chi connectivity index (χ0n) is 24.8. The number of alkyl halides is 2. The molecule has 2 N–H and O–H groups in total. The van der Waals surface area contributed by atoms with Crippen molar-refractivity contribution in [1.82, 2.24) is 30.4 Å². The van der Waals surface area contributed by atoms with E-state index in [0.29, 0.717) is 42.8 Å². The van der Waals surface area contributed by atoms with Crippen LogP contribution in [0.4, 0.5) is 19.0 Å². The Morgan fingerprint density at radius 3 is 2.66 bits per heavy atom. The number of piperazine rings is 1. The number of aromatic nitrogens is 4. The van der Waals surface area contributed by atoms with Crippen LogP contribution in [-0.2, 0) is 0 Å². The van der Waals surface area contributed by atoms with Gasteiger partial charge in [0.2, 0.25) is 0 Å². The number of hydrogen-bond acceptors (Lipinski definition) is 7. The molecule has 8 nitrogen and oxygen atoms in total. The van der Waals surface area contributed by atoms with E-state index in [2.05, 4.69) is 25.4 Å². The van der Waals surface area contributed by atoms with Gasteiger partial charge in [-0.05, 0) is 88.7 Å². The number of anilines is 1. The maximum Gasteiger partial charge on any atom is 0.319 e. The van der Waals surface area contributed by atoms with Crippen molar-refractivity contribution in [3.05, 3.63) is 40.3 Å². The molecule has 0 aliphatic carbocycles. The molecular weight excluding hydrogens is 591 g/mol. The molecule has 6 heterocycles. The van der Waals surface area contributed by atoms with Crippen molar-refractivity contribution in [2.45, 2.75) is 75.9 Å². The van der Waals surface area contributed by atoms with E-state index in [9.17, 15) is 8.78 Å². The average molecular weight is 626 g/mol. The van der Waals surface area contributed by atoms with E-state index in [1.807, 2.05) is 24.8 Å². The van der Waals surface area contributed by atoms with Crippen LogP contribution in [-0.4, -0.2) is 81.4 Å². The van der Waals surface area contributed by atoms with Crippen LogP contribution in [0.1, 0.15) is 49.7 Å². The first-order chi connectivity index (χ1) is 21.2. The third-order valence-electron chi connectivity index (χ3n) is 10.7. The van der Waals surface area contributed by atoms with Gasteiger partial charge in [0, 0.05) is 41.0 Å². The molecule has 4 fully saturated rings. The van der Waals surface area contributed by atoms with E-state index in [1.165, 1.54) is 0 Å². The second-order valence-corrected chi connectivity index (χ2v) is 13.6. The van der Waals surface area contributed by atoms with Gasteiger partial charge in [-0.15, -0.1) is 0 Å². The molecule has 2 aromatic heterocycles. The fourth-order valence-corrected chi connectivity index (χ4v) is 8.61. The number of aromatic amines is 1. The van der Waals surface area contributed by atoms with E-state index in [1.54, 1.807) is 12.3 Å². The summed E-state index contributed by atoms with van der Waals surface area (Å²) < 4.78 is 52.1. The van der Waals surface area contributed by atoms with Crippen LogP contribution in [0.25, 0.3) is 32.9 Å². The molecule has 4 saturated heterocycles. The second-order valence-electron chi connectivity index (χ2n) is 13.2. The Hall–Kier alpha value is -3.15. The molecule has 2 bridgehead atoms. The minimum absolute atomic E-state index is 0.0397. The zero-order valence-corrected chi connectivity index (χ0v) is 25.6. The Morgan fingerprint density at radius 2 is 1.89 bits per heavy atom. The first-order valence-corrected chi connectivity index (χ1v) is 15.9. The third-order valence-corrected chi connectivity index (χ3v) is 11.0. The molecule has 2 atom stereocenters. The topological polar surface area (TPSA) is 82.2 Å². The molecule has 8 rings (SSSR count). The lowest BCUT2D eigenvalue weighted by molar-refractivity contribution is 0.0367. The highest BCUT2D eigenvalue weighted by Gasteiger charge is 2.51. The molecule has 0 radical (unpaired) electrons. The van der Waals surface area contributed by atoms with Gasteiger partial charge in [0.1, 0.15) is 17.9 Å². The molecule has 4 aliphatic heterocycles. The van der Waals surface area contributed by atoms with Crippen molar-refractivity contribution in [2.75, 3.05) is 37.7 Å². The highest BCUT2D eigenvalue weighted by atomic mass is 35.5. The minimum Gasteiger partial charge on any atom is -0.461 e.